The summed E-state index contributed by atoms with van der Waals surface area (Å²) in [6.45, 7) is 0. The fraction of sp³-hybridized carbons (Fsp3) is 0. The van der Waals surface area contributed by atoms with Crippen molar-refractivity contribution >= 4 is 61.9 Å². The third-order valence-corrected chi connectivity index (χ3v) is 4.13. The van der Waals surface area contributed by atoms with E-state index in [1.54, 1.807) is 30.3 Å². The highest BCUT2D eigenvalue weighted by Crippen LogP contribution is 2.22. The van der Waals surface area contributed by atoms with Crippen LogP contribution in [0, 0.1) is 0 Å². The molecule has 2 aromatic carbocycles. The smallest absolute Gasteiger partial charge is 0.238 e. The standard InChI is InChI=1S/C13H11Cl2N3O2S2/c14-8-5-9(15)7-11(6-8)18-13(21)17-10-1-3-12(4-2-10)22(16,19)20/h1-7H,(H2,16,19,20)(H2,17,18,21). The van der Waals surface area contributed by atoms with Crippen LogP contribution in [0.4, 0.5) is 11.4 Å². The normalized spacial score (nSPS) is 11.0. The van der Waals surface area contributed by atoms with Crippen LogP contribution in [0.25, 0.3) is 0 Å². The SMILES string of the molecule is NS(=O)(=O)c1ccc(NC(=S)Nc2cc(Cl)cc(Cl)c2)cc1. The van der Waals surface area contributed by atoms with Gasteiger partial charge in [-0.3, -0.25) is 0 Å². The summed E-state index contributed by atoms with van der Waals surface area (Å²) in [5, 5.41) is 12.1. The molecule has 0 saturated heterocycles. The highest BCUT2D eigenvalue weighted by molar-refractivity contribution is 7.89. The monoisotopic (exact) mass is 375 g/mol. The van der Waals surface area contributed by atoms with Crippen LogP contribution < -0.4 is 15.8 Å². The van der Waals surface area contributed by atoms with Crippen LogP contribution in [0.15, 0.2) is 47.4 Å². The first kappa shape index (κ1) is 17.0. The molecule has 22 heavy (non-hydrogen) atoms. The molecule has 0 fully saturated rings. The molecule has 2 rings (SSSR count). The first-order valence-corrected chi connectivity index (χ1v) is 8.62. The Morgan fingerprint density at radius 3 is 1.95 bits per heavy atom. The molecule has 2 aromatic rings. The van der Waals surface area contributed by atoms with Crippen molar-refractivity contribution in [3.8, 4) is 0 Å². The van der Waals surface area contributed by atoms with Crippen LogP contribution >= 0.6 is 35.4 Å². The largest absolute Gasteiger partial charge is 0.332 e. The third-order valence-electron chi connectivity index (χ3n) is 2.56. The first-order valence-electron chi connectivity index (χ1n) is 5.91. The second-order valence-electron chi connectivity index (χ2n) is 4.31. The lowest BCUT2D eigenvalue weighted by atomic mass is 10.3. The zero-order valence-electron chi connectivity index (χ0n) is 11.0. The number of benzene rings is 2. The van der Waals surface area contributed by atoms with E-state index in [9.17, 15) is 8.42 Å². The van der Waals surface area contributed by atoms with E-state index in [-0.39, 0.29) is 4.90 Å². The van der Waals surface area contributed by atoms with Crippen molar-refractivity contribution in [2.24, 2.45) is 5.14 Å². The Bertz CT molecular complexity index is 788. The second-order valence-corrected chi connectivity index (χ2v) is 7.15. The summed E-state index contributed by atoms with van der Waals surface area (Å²) in [5.74, 6) is 0. The molecule has 0 heterocycles. The molecule has 0 amide bonds. The number of primary sulfonamides is 1. The molecule has 4 N–H and O–H groups in total. The fourth-order valence-corrected chi connectivity index (χ4v) is 2.92. The topological polar surface area (TPSA) is 84.2 Å². The first-order chi connectivity index (χ1) is 10.2. The van der Waals surface area contributed by atoms with Gasteiger partial charge in [0.1, 0.15) is 0 Å². The molecule has 0 saturated carbocycles. The van der Waals surface area contributed by atoms with Crippen LogP contribution in [0.3, 0.4) is 0 Å². The van der Waals surface area contributed by atoms with Gasteiger partial charge in [0.25, 0.3) is 0 Å². The van der Waals surface area contributed by atoms with Crippen LogP contribution in [0.2, 0.25) is 10.0 Å². The zero-order chi connectivity index (χ0) is 16.3. The summed E-state index contributed by atoms with van der Waals surface area (Å²) < 4.78 is 22.3. The highest BCUT2D eigenvalue weighted by atomic mass is 35.5. The van der Waals surface area contributed by atoms with E-state index in [1.165, 1.54) is 12.1 Å². The number of thiocarbonyl (C=S) groups is 1. The maximum absolute atomic E-state index is 11.2. The van der Waals surface area contributed by atoms with Crippen LogP contribution in [-0.4, -0.2) is 13.5 Å². The van der Waals surface area contributed by atoms with Gasteiger partial charge in [-0.05, 0) is 54.7 Å². The quantitative estimate of drug-likeness (QED) is 0.715. The molecule has 0 spiro atoms. The molecule has 0 aliphatic carbocycles. The van der Waals surface area contributed by atoms with Crippen LogP contribution in [0.5, 0.6) is 0 Å². The zero-order valence-corrected chi connectivity index (χ0v) is 14.2. The molecule has 0 unspecified atom stereocenters. The average molecular weight is 376 g/mol. The van der Waals surface area contributed by atoms with E-state index in [0.29, 0.717) is 26.5 Å². The summed E-state index contributed by atoms with van der Waals surface area (Å²) >= 11 is 17.0. The number of sulfonamides is 1. The number of hydrogen-bond donors (Lipinski definition) is 3. The predicted octanol–water partition coefficient (Wildman–Crippen LogP) is 3.45. The minimum atomic E-state index is -3.71. The number of nitrogens with two attached hydrogens (primary N) is 1. The fourth-order valence-electron chi connectivity index (χ4n) is 1.65. The van der Waals surface area contributed by atoms with Crippen molar-refractivity contribution in [2.45, 2.75) is 4.90 Å². The Labute approximate surface area is 143 Å². The molecule has 0 aromatic heterocycles. The van der Waals surface area contributed by atoms with Gasteiger partial charge in [0.15, 0.2) is 5.11 Å². The number of anilines is 2. The maximum Gasteiger partial charge on any atom is 0.238 e. The van der Waals surface area contributed by atoms with Gasteiger partial charge >= 0.3 is 0 Å². The van der Waals surface area contributed by atoms with Gasteiger partial charge in [-0.25, -0.2) is 13.6 Å². The minimum absolute atomic E-state index is 0.0264. The predicted molar refractivity (Wildman–Crippen MR) is 94.1 cm³/mol. The van der Waals surface area contributed by atoms with Gasteiger partial charge in [0, 0.05) is 21.4 Å². The van der Waals surface area contributed by atoms with Crippen molar-refractivity contribution < 1.29 is 8.42 Å². The van der Waals surface area contributed by atoms with Crippen molar-refractivity contribution in [3.05, 3.63) is 52.5 Å². The summed E-state index contributed by atoms with van der Waals surface area (Å²) in [6, 6.07) is 10.8. The lowest BCUT2D eigenvalue weighted by molar-refractivity contribution is 0.598. The van der Waals surface area contributed by atoms with E-state index in [2.05, 4.69) is 10.6 Å². The molecule has 0 aliphatic heterocycles. The summed E-state index contributed by atoms with van der Waals surface area (Å²) in [7, 11) is -3.71. The molecule has 0 bridgehead atoms. The average Bonchev–Trinajstić information content (AvgIpc) is 2.36. The van der Waals surface area contributed by atoms with Crippen molar-refractivity contribution in [1.29, 1.82) is 0 Å². The Hall–Kier alpha value is -1.38. The lowest BCUT2D eigenvalue weighted by Gasteiger charge is -2.11. The molecule has 9 heteroatoms. The minimum Gasteiger partial charge on any atom is -0.332 e. The van der Waals surface area contributed by atoms with E-state index < -0.39 is 10.0 Å². The molecule has 0 radical (unpaired) electrons. The summed E-state index contributed by atoms with van der Waals surface area (Å²) in [4.78, 5) is 0.0264. The van der Waals surface area contributed by atoms with Crippen LogP contribution in [0.1, 0.15) is 0 Å². The van der Waals surface area contributed by atoms with Gasteiger partial charge in [-0.15, -0.1) is 0 Å². The molecular formula is C13H11Cl2N3O2S2. The Morgan fingerprint density at radius 2 is 1.45 bits per heavy atom. The van der Waals surface area contributed by atoms with Gasteiger partial charge in [-0.1, -0.05) is 23.2 Å². The number of nitrogens with one attached hydrogen (secondary N) is 2. The lowest BCUT2D eigenvalue weighted by Crippen LogP contribution is -2.19. The van der Waals surface area contributed by atoms with Gasteiger partial charge < -0.3 is 10.6 Å². The summed E-state index contributed by atoms with van der Waals surface area (Å²) in [5.41, 5.74) is 1.24. The maximum atomic E-state index is 11.2. The van der Waals surface area contributed by atoms with E-state index >= 15 is 0 Å². The van der Waals surface area contributed by atoms with E-state index in [0.717, 1.165) is 0 Å². The third kappa shape index (κ3) is 4.82. The van der Waals surface area contributed by atoms with Gasteiger partial charge in [0.2, 0.25) is 10.0 Å². The van der Waals surface area contributed by atoms with E-state index in [4.69, 9.17) is 40.6 Å². The Kier molecular flexibility index (Phi) is 5.25. The number of halogens is 2. The van der Waals surface area contributed by atoms with Crippen molar-refractivity contribution in [2.75, 3.05) is 10.6 Å². The number of rotatable bonds is 3. The molecular weight excluding hydrogens is 365 g/mol. The molecule has 0 atom stereocenters. The Balaban J connectivity index is 2.06. The molecule has 116 valence electrons. The van der Waals surface area contributed by atoms with E-state index in [1.807, 2.05) is 0 Å². The van der Waals surface area contributed by atoms with Gasteiger partial charge in [-0.2, -0.15) is 0 Å². The second kappa shape index (κ2) is 6.80. The molecule has 0 aliphatic rings. The van der Waals surface area contributed by atoms with Crippen molar-refractivity contribution in [1.82, 2.24) is 0 Å². The van der Waals surface area contributed by atoms with Crippen LogP contribution in [-0.2, 0) is 10.0 Å². The Morgan fingerprint density at radius 1 is 0.955 bits per heavy atom. The van der Waals surface area contributed by atoms with Gasteiger partial charge in [0.05, 0.1) is 4.90 Å². The highest BCUT2D eigenvalue weighted by Gasteiger charge is 2.07. The van der Waals surface area contributed by atoms with Crippen molar-refractivity contribution in [3.63, 3.8) is 0 Å². The number of hydrogen-bond acceptors (Lipinski definition) is 3. The molecule has 5 nitrogen and oxygen atoms in total. The summed E-state index contributed by atoms with van der Waals surface area (Å²) in [6.07, 6.45) is 0.